The van der Waals surface area contributed by atoms with Crippen molar-refractivity contribution in [2.75, 3.05) is 0 Å². The van der Waals surface area contributed by atoms with Crippen LogP contribution in [0.1, 0.15) is 58.3 Å². The zero-order chi connectivity index (χ0) is 15.0. The standard InChI is InChI=1S/C15H24N2O3/c1-3-9-12(4-2)16-14(20)17-15(13(18)19)10-7-5-6-8-11-15/h2,12H,3,5-11H2,1H3,(H,18,19)(H2,16,17,20). The number of hydrogen-bond acceptors (Lipinski definition) is 2. The molecule has 0 aromatic heterocycles. The number of rotatable bonds is 5. The van der Waals surface area contributed by atoms with E-state index in [9.17, 15) is 14.7 Å². The van der Waals surface area contributed by atoms with Crippen LogP contribution in [0.4, 0.5) is 4.79 Å². The van der Waals surface area contributed by atoms with Gasteiger partial charge in [0, 0.05) is 0 Å². The van der Waals surface area contributed by atoms with Crippen LogP contribution in [0.25, 0.3) is 0 Å². The van der Waals surface area contributed by atoms with Crippen LogP contribution in [0.3, 0.4) is 0 Å². The molecule has 112 valence electrons. The zero-order valence-electron chi connectivity index (χ0n) is 12.1. The molecule has 0 aromatic rings. The Bertz CT molecular complexity index is 379. The lowest BCUT2D eigenvalue weighted by atomic mass is 9.90. The molecule has 5 nitrogen and oxygen atoms in total. The zero-order valence-corrected chi connectivity index (χ0v) is 12.1. The van der Waals surface area contributed by atoms with Crippen molar-refractivity contribution in [1.29, 1.82) is 0 Å². The van der Waals surface area contributed by atoms with Crippen molar-refractivity contribution in [3.8, 4) is 12.3 Å². The molecule has 1 aliphatic rings. The Morgan fingerprint density at radius 2 is 1.90 bits per heavy atom. The molecule has 1 atom stereocenters. The van der Waals surface area contributed by atoms with Gasteiger partial charge in [-0.15, -0.1) is 6.42 Å². The average Bonchev–Trinajstić information content (AvgIpc) is 2.64. The summed E-state index contributed by atoms with van der Waals surface area (Å²) in [6.07, 6.45) is 11.5. The highest BCUT2D eigenvalue weighted by atomic mass is 16.4. The summed E-state index contributed by atoms with van der Waals surface area (Å²) >= 11 is 0. The summed E-state index contributed by atoms with van der Waals surface area (Å²) in [5.74, 6) is 1.55. The van der Waals surface area contributed by atoms with Crippen molar-refractivity contribution in [1.82, 2.24) is 10.6 Å². The molecule has 2 amide bonds. The van der Waals surface area contributed by atoms with Crippen molar-refractivity contribution < 1.29 is 14.7 Å². The summed E-state index contributed by atoms with van der Waals surface area (Å²) in [6, 6.07) is -0.831. The quantitative estimate of drug-likeness (QED) is 0.534. The second-order valence-electron chi connectivity index (χ2n) is 5.41. The number of carboxylic acid groups (broad SMARTS) is 1. The summed E-state index contributed by atoms with van der Waals surface area (Å²) < 4.78 is 0. The first-order chi connectivity index (χ1) is 9.54. The van der Waals surface area contributed by atoms with Crippen LogP contribution in [0.15, 0.2) is 0 Å². The maximum Gasteiger partial charge on any atom is 0.329 e. The Labute approximate surface area is 120 Å². The minimum atomic E-state index is -1.15. The van der Waals surface area contributed by atoms with Crippen LogP contribution in [0.5, 0.6) is 0 Å². The van der Waals surface area contributed by atoms with Crippen LogP contribution in [-0.4, -0.2) is 28.7 Å². The molecule has 0 aromatic carbocycles. The normalized spacial score (nSPS) is 19.2. The lowest BCUT2D eigenvalue weighted by molar-refractivity contribution is -0.145. The van der Waals surface area contributed by atoms with Crippen molar-refractivity contribution in [3.05, 3.63) is 0 Å². The maximum atomic E-state index is 12.0. The van der Waals surface area contributed by atoms with Gasteiger partial charge >= 0.3 is 12.0 Å². The third-order valence-corrected chi connectivity index (χ3v) is 3.80. The molecule has 1 unspecified atom stereocenters. The minimum absolute atomic E-state index is 0.350. The van der Waals surface area contributed by atoms with E-state index in [-0.39, 0.29) is 6.04 Å². The van der Waals surface area contributed by atoms with Gasteiger partial charge in [0.05, 0.1) is 6.04 Å². The molecule has 0 radical (unpaired) electrons. The first-order valence-electron chi connectivity index (χ1n) is 7.32. The lowest BCUT2D eigenvalue weighted by Crippen LogP contribution is -2.58. The second kappa shape index (κ2) is 7.78. The number of carbonyl (C=O) groups excluding carboxylic acids is 1. The molecule has 0 bridgehead atoms. The average molecular weight is 280 g/mol. The molecule has 5 heteroatoms. The van der Waals surface area contributed by atoms with Gasteiger partial charge in [-0.05, 0) is 19.3 Å². The highest BCUT2D eigenvalue weighted by Gasteiger charge is 2.40. The van der Waals surface area contributed by atoms with E-state index in [1.807, 2.05) is 6.92 Å². The molecule has 3 N–H and O–H groups in total. The van der Waals surface area contributed by atoms with Gasteiger partial charge < -0.3 is 15.7 Å². The molecule has 1 rings (SSSR count). The smallest absolute Gasteiger partial charge is 0.329 e. The van der Waals surface area contributed by atoms with Crippen molar-refractivity contribution in [2.24, 2.45) is 0 Å². The Morgan fingerprint density at radius 3 is 2.35 bits per heavy atom. The Balaban J connectivity index is 2.68. The van der Waals surface area contributed by atoms with Gasteiger partial charge in [0.15, 0.2) is 0 Å². The highest BCUT2D eigenvalue weighted by molar-refractivity contribution is 5.86. The summed E-state index contributed by atoms with van der Waals surface area (Å²) in [4.78, 5) is 23.6. The van der Waals surface area contributed by atoms with E-state index in [1.165, 1.54) is 0 Å². The highest BCUT2D eigenvalue weighted by Crippen LogP contribution is 2.27. The molecule has 0 saturated heterocycles. The fraction of sp³-hybridized carbons (Fsp3) is 0.733. The Kier molecular flexibility index (Phi) is 6.37. The monoisotopic (exact) mass is 280 g/mol. The van der Waals surface area contributed by atoms with Gasteiger partial charge in [-0.3, -0.25) is 0 Å². The second-order valence-corrected chi connectivity index (χ2v) is 5.41. The molecule has 0 aliphatic heterocycles. The van der Waals surface area contributed by atoms with Gasteiger partial charge in [-0.25, -0.2) is 9.59 Å². The number of terminal acetylenes is 1. The topological polar surface area (TPSA) is 78.4 Å². The number of nitrogens with one attached hydrogen (secondary N) is 2. The molecule has 0 spiro atoms. The van der Waals surface area contributed by atoms with E-state index in [4.69, 9.17) is 6.42 Å². The number of urea groups is 1. The molecular weight excluding hydrogens is 256 g/mol. The van der Waals surface area contributed by atoms with Crippen molar-refractivity contribution in [2.45, 2.75) is 69.9 Å². The number of hydrogen-bond donors (Lipinski definition) is 3. The Hall–Kier alpha value is -1.70. The summed E-state index contributed by atoms with van der Waals surface area (Å²) in [7, 11) is 0. The van der Waals surface area contributed by atoms with E-state index in [1.54, 1.807) is 0 Å². The van der Waals surface area contributed by atoms with Gasteiger partial charge in [-0.1, -0.05) is 44.9 Å². The summed E-state index contributed by atoms with van der Waals surface area (Å²) in [5.41, 5.74) is -1.15. The minimum Gasteiger partial charge on any atom is -0.480 e. The van der Waals surface area contributed by atoms with Gasteiger partial charge in [0.2, 0.25) is 0 Å². The van der Waals surface area contributed by atoms with Crippen LogP contribution < -0.4 is 10.6 Å². The molecule has 0 heterocycles. The summed E-state index contributed by atoms with van der Waals surface area (Å²) in [6.45, 7) is 1.98. The summed E-state index contributed by atoms with van der Waals surface area (Å²) in [5, 5.41) is 14.8. The number of aliphatic carboxylic acids is 1. The van der Waals surface area contributed by atoms with Crippen LogP contribution in [0.2, 0.25) is 0 Å². The first-order valence-corrected chi connectivity index (χ1v) is 7.32. The van der Waals surface area contributed by atoms with E-state index >= 15 is 0 Å². The predicted molar refractivity (Wildman–Crippen MR) is 77.3 cm³/mol. The first kappa shape index (κ1) is 16.4. The fourth-order valence-corrected chi connectivity index (χ4v) is 2.62. The van der Waals surface area contributed by atoms with Crippen molar-refractivity contribution in [3.63, 3.8) is 0 Å². The predicted octanol–water partition coefficient (Wildman–Crippen LogP) is 2.27. The van der Waals surface area contributed by atoms with Crippen LogP contribution >= 0.6 is 0 Å². The van der Waals surface area contributed by atoms with Gasteiger partial charge in [0.1, 0.15) is 5.54 Å². The molecule has 20 heavy (non-hydrogen) atoms. The maximum absolute atomic E-state index is 12.0. The van der Waals surface area contributed by atoms with Gasteiger partial charge in [-0.2, -0.15) is 0 Å². The van der Waals surface area contributed by atoms with E-state index < -0.39 is 17.5 Å². The third kappa shape index (κ3) is 4.44. The van der Waals surface area contributed by atoms with Crippen molar-refractivity contribution >= 4 is 12.0 Å². The molecule has 1 fully saturated rings. The fourth-order valence-electron chi connectivity index (χ4n) is 2.62. The SMILES string of the molecule is C#CC(CCC)NC(=O)NC1(C(=O)O)CCCCCC1. The largest absolute Gasteiger partial charge is 0.480 e. The van der Waals surface area contributed by atoms with E-state index in [0.717, 1.165) is 32.1 Å². The van der Waals surface area contributed by atoms with Gasteiger partial charge in [0.25, 0.3) is 0 Å². The third-order valence-electron chi connectivity index (χ3n) is 3.80. The molecule has 1 saturated carbocycles. The molecule has 1 aliphatic carbocycles. The lowest BCUT2D eigenvalue weighted by Gasteiger charge is -2.29. The van der Waals surface area contributed by atoms with E-state index in [2.05, 4.69) is 16.6 Å². The number of carbonyl (C=O) groups is 2. The number of carboxylic acids is 1. The van der Waals surface area contributed by atoms with Crippen LogP contribution in [0, 0.1) is 12.3 Å². The molecular formula is C15H24N2O3. The Morgan fingerprint density at radius 1 is 1.30 bits per heavy atom. The van der Waals surface area contributed by atoms with Crippen LogP contribution in [-0.2, 0) is 4.79 Å². The number of amides is 2. The van der Waals surface area contributed by atoms with E-state index in [0.29, 0.717) is 19.3 Å².